The Bertz CT molecular complexity index is 626. The predicted octanol–water partition coefficient (Wildman–Crippen LogP) is 6.07. The van der Waals surface area contributed by atoms with E-state index >= 15 is 0 Å². The van der Waals surface area contributed by atoms with E-state index in [4.69, 9.17) is 0 Å². The van der Waals surface area contributed by atoms with Gasteiger partial charge in [0.25, 0.3) is 0 Å². The molecule has 28 heavy (non-hydrogen) atoms. The minimum atomic E-state index is 0.333. The summed E-state index contributed by atoms with van der Waals surface area (Å²) in [5, 5.41) is 0. The Morgan fingerprint density at radius 1 is 1.04 bits per heavy atom. The molecule has 2 heteroatoms. The first-order chi connectivity index (χ1) is 13.3. The first kappa shape index (κ1) is 21.8. The summed E-state index contributed by atoms with van der Waals surface area (Å²) in [5.74, 6) is 0.985. The fourth-order valence-electron chi connectivity index (χ4n) is 5.99. The summed E-state index contributed by atoms with van der Waals surface area (Å²) in [7, 11) is 2.32. The Morgan fingerprint density at radius 3 is 2.39 bits per heavy atom. The van der Waals surface area contributed by atoms with Crippen molar-refractivity contribution in [3.05, 3.63) is 35.5 Å². The fraction of sp³-hybridized carbons (Fsp3) is 0.769. The third-order valence-corrected chi connectivity index (χ3v) is 8.65. The third-order valence-electron chi connectivity index (χ3n) is 8.65. The molecule has 0 N–H and O–H groups in total. The van der Waals surface area contributed by atoms with Crippen LogP contribution in [-0.2, 0) is 0 Å². The summed E-state index contributed by atoms with van der Waals surface area (Å²) in [4.78, 5) is 5.43. The zero-order chi connectivity index (χ0) is 20.4. The van der Waals surface area contributed by atoms with Gasteiger partial charge in [-0.15, -0.1) is 0 Å². The van der Waals surface area contributed by atoms with E-state index in [0.717, 1.165) is 12.3 Å². The number of hydrogen-bond donors (Lipinski definition) is 0. The van der Waals surface area contributed by atoms with Gasteiger partial charge in [0.15, 0.2) is 0 Å². The largest absolute Gasteiger partial charge is 0.306 e. The zero-order valence-corrected chi connectivity index (χ0v) is 19.4. The molecular formula is C26H44N2. The number of allylic oxidation sites excluding steroid dienone is 6. The molecule has 0 aromatic rings. The van der Waals surface area contributed by atoms with Gasteiger partial charge in [0.1, 0.15) is 0 Å². The van der Waals surface area contributed by atoms with Crippen LogP contribution < -0.4 is 0 Å². The lowest BCUT2D eigenvalue weighted by Gasteiger charge is -2.60. The summed E-state index contributed by atoms with van der Waals surface area (Å²) in [5.41, 5.74) is 3.83. The predicted molar refractivity (Wildman–Crippen MR) is 123 cm³/mol. The van der Waals surface area contributed by atoms with Gasteiger partial charge in [-0.05, 0) is 97.3 Å². The summed E-state index contributed by atoms with van der Waals surface area (Å²) in [6.07, 6.45) is 17.0. The molecule has 0 aromatic heterocycles. The molecule has 1 aliphatic carbocycles. The molecule has 0 bridgehead atoms. The van der Waals surface area contributed by atoms with Crippen molar-refractivity contribution in [3.8, 4) is 0 Å². The van der Waals surface area contributed by atoms with Crippen molar-refractivity contribution in [1.29, 1.82) is 0 Å². The van der Waals surface area contributed by atoms with Gasteiger partial charge in [-0.1, -0.05) is 49.3 Å². The molecule has 3 atom stereocenters. The van der Waals surface area contributed by atoms with E-state index < -0.39 is 0 Å². The molecule has 158 valence electrons. The second kappa shape index (κ2) is 8.88. The minimum Gasteiger partial charge on any atom is -0.306 e. The van der Waals surface area contributed by atoms with Crippen LogP contribution in [0.1, 0.15) is 73.1 Å². The maximum absolute atomic E-state index is 2.85. The normalized spacial score (nSPS) is 36.6. The van der Waals surface area contributed by atoms with Crippen LogP contribution in [0.4, 0.5) is 0 Å². The summed E-state index contributed by atoms with van der Waals surface area (Å²) >= 11 is 0. The van der Waals surface area contributed by atoms with E-state index in [0.29, 0.717) is 16.9 Å². The molecule has 2 aliphatic heterocycles. The van der Waals surface area contributed by atoms with Gasteiger partial charge in [-0.25, -0.2) is 0 Å². The highest BCUT2D eigenvalue weighted by Crippen LogP contribution is 2.59. The average molecular weight is 385 g/mol. The lowest BCUT2D eigenvalue weighted by atomic mass is 9.51. The zero-order valence-electron chi connectivity index (χ0n) is 19.4. The van der Waals surface area contributed by atoms with Crippen molar-refractivity contribution in [2.24, 2.45) is 16.7 Å². The van der Waals surface area contributed by atoms with Gasteiger partial charge in [-0.3, -0.25) is 4.90 Å². The number of hydrogen-bond acceptors (Lipinski definition) is 2. The van der Waals surface area contributed by atoms with E-state index in [1.165, 1.54) is 63.9 Å². The molecule has 1 saturated carbocycles. The Hall–Kier alpha value is -0.860. The quantitative estimate of drug-likeness (QED) is 0.513. The first-order valence-corrected chi connectivity index (χ1v) is 11.8. The number of likely N-dealkylation sites (tertiary alicyclic amines) is 2. The van der Waals surface area contributed by atoms with Crippen LogP contribution >= 0.6 is 0 Å². The van der Waals surface area contributed by atoms with Crippen molar-refractivity contribution < 1.29 is 0 Å². The van der Waals surface area contributed by atoms with Crippen LogP contribution in [-0.4, -0.2) is 49.1 Å². The lowest BCUT2D eigenvalue weighted by molar-refractivity contribution is -0.0687. The van der Waals surface area contributed by atoms with Gasteiger partial charge in [-0.2, -0.15) is 0 Å². The molecule has 2 saturated heterocycles. The molecule has 0 aromatic carbocycles. The first-order valence-electron chi connectivity index (χ1n) is 11.8. The van der Waals surface area contributed by atoms with Crippen molar-refractivity contribution in [1.82, 2.24) is 9.80 Å². The van der Waals surface area contributed by atoms with E-state index in [2.05, 4.69) is 75.8 Å². The van der Waals surface area contributed by atoms with E-state index in [1.54, 1.807) is 5.57 Å². The summed E-state index contributed by atoms with van der Waals surface area (Å²) < 4.78 is 0. The molecule has 0 spiro atoms. The van der Waals surface area contributed by atoms with E-state index in [1.807, 2.05) is 0 Å². The van der Waals surface area contributed by atoms with Crippen LogP contribution in [0.3, 0.4) is 0 Å². The molecular weight excluding hydrogens is 340 g/mol. The monoisotopic (exact) mass is 384 g/mol. The van der Waals surface area contributed by atoms with Crippen LogP contribution in [0.15, 0.2) is 35.5 Å². The molecule has 3 fully saturated rings. The SMILES string of the molecule is CC/C=C/C=C\C(C)=C(/C)C12CCN(C)CCC1(C)C(C)N(CC1CC1)CC2. The van der Waals surface area contributed by atoms with Gasteiger partial charge >= 0.3 is 0 Å². The van der Waals surface area contributed by atoms with Crippen LogP contribution in [0.5, 0.6) is 0 Å². The Morgan fingerprint density at radius 2 is 1.71 bits per heavy atom. The lowest BCUT2D eigenvalue weighted by Crippen LogP contribution is -2.60. The highest BCUT2D eigenvalue weighted by Gasteiger charge is 2.56. The molecule has 2 heterocycles. The molecule has 0 amide bonds. The van der Waals surface area contributed by atoms with Gasteiger partial charge in [0.05, 0.1) is 0 Å². The Balaban J connectivity index is 1.95. The van der Waals surface area contributed by atoms with Crippen LogP contribution in [0.25, 0.3) is 0 Å². The van der Waals surface area contributed by atoms with Crippen molar-refractivity contribution in [2.75, 3.05) is 33.2 Å². The van der Waals surface area contributed by atoms with Crippen molar-refractivity contribution in [2.45, 2.75) is 79.2 Å². The maximum Gasteiger partial charge on any atom is 0.0130 e. The van der Waals surface area contributed by atoms with Crippen molar-refractivity contribution >= 4 is 0 Å². The Labute approximate surface area is 174 Å². The number of rotatable bonds is 6. The maximum atomic E-state index is 2.85. The highest BCUT2D eigenvalue weighted by atomic mass is 15.2. The van der Waals surface area contributed by atoms with Gasteiger partial charge < -0.3 is 4.90 Å². The highest BCUT2D eigenvalue weighted by molar-refractivity contribution is 5.33. The standard InChI is InChI=1S/C26H44N2/c1-7-8-9-10-11-21(2)22(3)26-15-18-27(6)17-14-25(26,5)23(4)28(19-16-26)20-24-12-13-24/h8-11,23-24H,7,12-20H2,1-6H3/b9-8+,11-10-,22-21+. The summed E-state index contributed by atoms with van der Waals surface area (Å²) in [6.45, 7) is 17.3. The van der Waals surface area contributed by atoms with Gasteiger partial charge in [0, 0.05) is 18.0 Å². The van der Waals surface area contributed by atoms with E-state index in [-0.39, 0.29) is 0 Å². The molecule has 3 rings (SSSR count). The number of nitrogens with zero attached hydrogens (tertiary/aromatic N) is 2. The molecule has 0 radical (unpaired) electrons. The number of piperidine rings is 1. The minimum absolute atomic E-state index is 0.333. The molecule has 3 aliphatic rings. The molecule has 3 unspecified atom stereocenters. The third kappa shape index (κ3) is 4.19. The smallest absolute Gasteiger partial charge is 0.0130 e. The molecule has 2 nitrogen and oxygen atoms in total. The van der Waals surface area contributed by atoms with Gasteiger partial charge in [0.2, 0.25) is 0 Å². The van der Waals surface area contributed by atoms with Crippen molar-refractivity contribution in [3.63, 3.8) is 0 Å². The fourth-order valence-corrected chi connectivity index (χ4v) is 5.99. The Kier molecular flexibility index (Phi) is 6.92. The second-order valence-corrected chi connectivity index (χ2v) is 10.2. The summed E-state index contributed by atoms with van der Waals surface area (Å²) in [6, 6.07) is 0.667. The van der Waals surface area contributed by atoms with E-state index in [9.17, 15) is 0 Å². The number of fused-ring (bicyclic) bond motifs is 1. The van der Waals surface area contributed by atoms with Crippen LogP contribution in [0, 0.1) is 16.7 Å². The topological polar surface area (TPSA) is 6.48 Å². The average Bonchev–Trinajstić information content (AvgIpc) is 3.51. The van der Waals surface area contributed by atoms with Crippen LogP contribution in [0.2, 0.25) is 0 Å². The second-order valence-electron chi connectivity index (χ2n) is 10.2.